The lowest BCUT2D eigenvalue weighted by Crippen LogP contribution is -2.27. The molecule has 2 aromatic rings. The second-order valence-corrected chi connectivity index (χ2v) is 6.42. The Bertz CT molecular complexity index is 597. The van der Waals surface area contributed by atoms with Gasteiger partial charge in [0.05, 0.1) is 6.33 Å². The van der Waals surface area contributed by atoms with E-state index in [-0.39, 0.29) is 5.41 Å². The highest BCUT2D eigenvalue weighted by molar-refractivity contribution is 9.10. The van der Waals surface area contributed by atoms with Crippen LogP contribution in [-0.4, -0.2) is 22.6 Å². The minimum absolute atomic E-state index is 0.178. The highest BCUT2D eigenvalue weighted by Crippen LogP contribution is 2.32. The van der Waals surface area contributed by atoms with Crippen LogP contribution < -0.4 is 5.32 Å². The van der Waals surface area contributed by atoms with Crippen LogP contribution in [0.5, 0.6) is 0 Å². The van der Waals surface area contributed by atoms with Gasteiger partial charge in [-0.1, -0.05) is 22.9 Å². The Kier molecular flexibility index (Phi) is 3.23. The number of benzene rings is 1. The normalized spacial score (nSPS) is 22.9. The molecular formula is C15H18BrN3. The number of aromatic nitrogens is 2. The monoisotopic (exact) mass is 319 g/mol. The van der Waals surface area contributed by atoms with E-state index in [1.807, 2.05) is 12.5 Å². The molecule has 1 aromatic heterocycles. The summed E-state index contributed by atoms with van der Waals surface area (Å²) in [5.41, 5.74) is 3.89. The molecule has 19 heavy (non-hydrogen) atoms. The number of hydrogen-bond acceptors (Lipinski definition) is 2. The predicted molar refractivity (Wildman–Crippen MR) is 80.8 cm³/mol. The van der Waals surface area contributed by atoms with Gasteiger partial charge >= 0.3 is 0 Å². The van der Waals surface area contributed by atoms with Crippen LogP contribution in [0.4, 0.5) is 0 Å². The van der Waals surface area contributed by atoms with Crippen LogP contribution in [0.25, 0.3) is 5.69 Å². The van der Waals surface area contributed by atoms with E-state index in [0.29, 0.717) is 0 Å². The molecule has 4 heteroatoms. The molecule has 3 rings (SSSR count). The molecule has 1 aliphatic rings. The topological polar surface area (TPSA) is 29.9 Å². The standard InChI is InChI=1S/C15H18BrN3/c1-11-7-12(3-4-13(11)16)19-10-18-8-14(19)15(2)5-6-17-9-15/h3-4,7-8,10,17H,5-6,9H2,1-2H3. The van der Waals surface area contributed by atoms with Crippen LogP contribution in [0, 0.1) is 6.92 Å². The van der Waals surface area contributed by atoms with E-state index in [1.165, 1.54) is 16.9 Å². The van der Waals surface area contributed by atoms with Crippen LogP contribution in [0.1, 0.15) is 24.6 Å². The first kappa shape index (κ1) is 12.9. The zero-order valence-electron chi connectivity index (χ0n) is 11.3. The van der Waals surface area contributed by atoms with Crippen molar-refractivity contribution in [2.24, 2.45) is 0 Å². The van der Waals surface area contributed by atoms with Crippen molar-refractivity contribution in [2.45, 2.75) is 25.7 Å². The molecule has 1 unspecified atom stereocenters. The van der Waals surface area contributed by atoms with Crippen molar-refractivity contribution in [3.63, 3.8) is 0 Å². The summed E-state index contributed by atoms with van der Waals surface area (Å²) in [6, 6.07) is 6.43. The summed E-state index contributed by atoms with van der Waals surface area (Å²) in [6.45, 7) is 6.53. The molecule has 1 aliphatic heterocycles. The lowest BCUT2D eigenvalue weighted by Gasteiger charge is -2.24. The predicted octanol–water partition coefficient (Wildman–Crippen LogP) is 3.19. The van der Waals surface area contributed by atoms with Crippen LogP contribution in [0.15, 0.2) is 35.2 Å². The molecule has 0 amide bonds. The SMILES string of the molecule is Cc1cc(-n2cncc2C2(C)CCNC2)ccc1Br. The van der Waals surface area contributed by atoms with Crippen LogP contribution in [0.2, 0.25) is 0 Å². The van der Waals surface area contributed by atoms with Crippen molar-refractivity contribution in [1.82, 2.24) is 14.9 Å². The molecule has 0 bridgehead atoms. The van der Waals surface area contributed by atoms with Crippen molar-refractivity contribution in [3.05, 3.63) is 46.5 Å². The van der Waals surface area contributed by atoms with Crippen molar-refractivity contribution < 1.29 is 0 Å². The van der Waals surface area contributed by atoms with E-state index in [4.69, 9.17) is 0 Å². The van der Waals surface area contributed by atoms with Crippen LogP contribution in [-0.2, 0) is 5.41 Å². The molecule has 1 fully saturated rings. The van der Waals surface area contributed by atoms with E-state index < -0.39 is 0 Å². The van der Waals surface area contributed by atoms with E-state index in [2.05, 4.69) is 62.8 Å². The lowest BCUT2D eigenvalue weighted by molar-refractivity contribution is 0.499. The summed E-state index contributed by atoms with van der Waals surface area (Å²) in [6.07, 6.45) is 5.08. The molecule has 1 saturated heterocycles. The van der Waals surface area contributed by atoms with Gasteiger partial charge in [-0.15, -0.1) is 0 Å². The molecular weight excluding hydrogens is 302 g/mol. The number of hydrogen-bond donors (Lipinski definition) is 1. The first-order chi connectivity index (χ1) is 9.10. The Hall–Kier alpha value is -1.13. The van der Waals surface area contributed by atoms with Gasteiger partial charge in [0.2, 0.25) is 0 Å². The van der Waals surface area contributed by atoms with Crippen molar-refractivity contribution >= 4 is 15.9 Å². The zero-order chi connectivity index (χ0) is 13.5. The second kappa shape index (κ2) is 4.76. The molecule has 0 radical (unpaired) electrons. The van der Waals surface area contributed by atoms with Gasteiger partial charge in [-0.2, -0.15) is 0 Å². The third-order valence-electron chi connectivity index (χ3n) is 4.05. The Morgan fingerprint density at radius 2 is 2.26 bits per heavy atom. The maximum Gasteiger partial charge on any atom is 0.0994 e. The summed E-state index contributed by atoms with van der Waals surface area (Å²) in [5, 5.41) is 3.45. The molecule has 1 aromatic carbocycles. The van der Waals surface area contributed by atoms with Gasteiger partial charge in [0.25, 0.3) is 0 Å². The fourth-order valence-corrected chi connectivity index (χ4v) is 3.01. The first-order valence-electron chi connectivity index (χ1n) is 6.60. The summed E-state index contributed by atoms with van der Waals surface area (Å²) >= 11 is 3.55. The fraction of sp³-hybridized carbons (Fsp3) is 0.400. The fourth-order valence-electron chi connectivity index (χ4n) is 2.76. The Balaban J connectivity index is 2.06. The maximum absolute atomic E-state index is 4.36. The van der Waals surface area contributed by atoms with Crippen molar-refractivity contribution in [1.29, 1.82) is 0 Å². The summed E-state index contributed by atoms with van der Waals surface area (Å²) < 4.78 is 3.36. The average Bonchev–Trinajstić information content (AvgIpc) is 3.02. The third kappa shape index (κ3) is 2.23. The number of halogens is 1. The minimum atomic E-state index is 0.178. The number of rotatable bonds is 2. The van der Waals surface area contributed by atoms with Gasteiger partial charge in [-0.25, -0.2) is 4.98 Å². The second-order valence-electron chi connectivity index (χ2n) is 5.57. The molecule has 3 nitrogen and oxygen atoms in total. The quantitative estimate of drug-likeness (QED) is 0.921. The van der Waals surface area contributed by atoms with Crippen molar-refractivity contribution in [2.75, 3.05) is 13.1 Å². The maximum atomic E-state index is 4.36. The van der Waals surface area contributed by atoms with Gasteiger partial charge in [0.1, 0.15) is 0 Å². The summed E-state index contributed by atoms with van der Waals surface area (Å²) in [5.74, 6) is 0. The number of aryl methyl sites for hydroxylation is 1. The third-order valence-corrected chi connectivity index (χ3v) is 4.94. The highest BCUT2D eigenvalue weighted by atomic mass is 79.9. The molecule has 100 valence electrons. The van der Waals surface area contributed by atoms with E-state index in [0.717, 1.165) is 24.0 Å². The number of nitrogens with zero attached hydrogens (tertiary/aromatic N) is 2. The lowest BCUT2D eigenvalue weighted by atomic mass is 9.86. The van der Waals surface area contributed by atoms with E-state index in [9.17, 15) is 0 Å². The molecule has 0 aliphatic carbocycles. The summed E-state index contributed by atoms with van der Waals surface area (Å²) in [4.78, 5) is 4.36. The summed E-state index contributed by atoms with van der Waals surface area (Å²) in [7, 11) is 0. The van der Waals surface area contributed by atoms with Gasteiger partial charge in [-0.3, -0.25) is 0 Å². The van der Waals surface area contributed by atoms with E-state index in [1.54, 1.807) is 0 Å². The highest BCUT2D eigenvalue weighted by Gasteiger charge is 2.33. The molecule has 0 spiro atoms. The number of nitrogens with one attached hydrogen (secondary N) is 1. The molecule has 2 heterocycles. The van der Waals surface area contributed by atoms with Crippen LogP contribution in [0.3, 0.4) is 0 Å². The van der Waals surface area contributed by atoms with Gasteiger partial charge in [0.15, 0.2) is 0 Å². The minimum Gasteiger partial charge on any atom is -0.316 e. The van der Waals surface area contributed by atoms with Crippen LogP contribution >= 0.6 is 15.9 Å². The Labute approximate surface area is 122 Å². The Morgan fingerprint density at radius 3 is 2.95 bits per heavy atom. The average molecular weight is 320 g/mol. The first-order valence-corrected chi connectivity index (χ1v) is 7.39. The zero-order valence-corrected chi connectivity index (χ0v) is 12.9. The number of imidazole rings is 1. The smallest absolute Gasteiger partial charge is 0.0994 e. The largest absolute Gasteiger partial charge is 0.316 e. The van der Waals surface area contributed by atoms with Gasteiger partial charge in [-0.05, 0) is 43.7 Å². The Morgan fingerprint density at radius 1 is 1.42 bits per heavy atom. The van der Waals surface area contributed by atoms with E-state index >= 15 is 0 Å². The van der Waals surface area contributed by atoms with Gasteiger partial charge < -0.3 is 9.88 Å². The molecule has 1 N–H and O–H groups in total. The van der Waals surface area contributed by atoms with Crippen molar-refractivity contribution in [3.8, 4) is 5.69 Å². The van der Waals surface area contributed by atoms with Gasteiger partial charge in [0, 0.05) is 34.0 Å². The molecule has 1 atom stereocenters. The molecule has 0 saturated carbocycles.